The van der Waals surface area contributed by atoms with Gasteiger partial charge in [-0.1, -0.05) is 18.2 Å². The molecule has 1 heterocycles. The summed E-state index contributed by atoms with van der Waals surface area (Å²) in [6.07, 6.45) is -4.28. The molecule has 88 valence electrons. The van der Waals surface area contributed by atoms with Crippen LogP contribution < -0.4 is 0 Å². The number of benzene rings is 1. The summed E-state index contributed by atoms with van der Waals surface area (Å²) >= 11 is 1.52. The molecule has 16 heavy (non-hydrogen) atoms. The molecule has 0 radical (unpaired) electrons. The highest BCUT2D eigenvalue weighted by molar-refractivity contribution is 7.99. The SMILES string of the molecule is FC(F)(F)c1ccccc1C1COCCS1. The first-order chi connectivity index (χ1) is 7.59. The Balaban J connectivity index is 2.32. The van der Waals surface area contributed by atoms with E-state index in [1.54, 1.807) is 6.07 Å². The van der Waals surface area contributed by atoms with Crippen LogP contribution in [0.1, 0.15) is 16.4 Å². The first-order valence-corrected chi connectivity index (χ1v) is 5.99. The molecule has 0 N–H and O–H groups in total. The van der Waals surface area contributed by atoms with Gasteiger partial charge in [0, 0.05) is 5.75 Å². The third kappa shape index (κ3) is 2.52. The van der Waals surface area contributed by atoms with Crippen LogP contribution in [0.25, 0.3) is 0 Å². The summed E-state index contributed by atoms with van der Waals surface area (Å²) in [7, 11) is 0. The minimum absolute atomic E-state index is 0.202. The third-order valence-electron chi connectivity index (χ3n) is 2.43. The van der Waals surface area contributed by atoms with Crippen molar-refractivity contribution in [1.82, 2.24) is 0 Å². The van der Waals surface area contributed by atoms with Crippen molar-refractivity contribution in [2.45, 2.75) is 11.4 Å². The Morgan fingerprint density at radius 1 is 1.25 bits per heavy atom. The number of rotatable bonds is 1. The maximum Gasteiger partial charge on any atom is 0.416 e. The van der Waals surface area contributed by atoms with E-state index in [4.69, 9.17) is 4.74 Å². The van der Waals surface area contributed by atoms with Gasteiger partial charge in [0.15, 0.2) is 0 Å². The molecule has 0 spiro atoms. The molecular formula is C11H11F3OS. The summed E-state index contributed by atoms with van der Waals surface area (Å²) < 4.78 is 43.5. The van der Waals surface area contributed by atoms with Gasteiger partial charge in [0.25, 0.3) is 0 Å². The summed E-state index contributed by atoms with van der Waals surface area (Å²) in [6.45, 7) is 0.979. The van der Waals surface area contributed by atoms with Gasteiger partial charge in [-0.2, -0.15) is 13.2 Å². The fourth-order valence-corrected chi connectivity index (χ4v) is 2.78. The second-order valence-electron chi connectivity index (χ2n) is 3.52. The smallest absolute Gasteiger partial charge is 0.379 e. The van der Waals surface area contributed by atoms with Gasteiger partial charge < -0.3 is 4.74 Å². The highest BCUT2D eigenvalue weighted by atomic mass is 32.2. The van der Waals surface area contributed by atoms with E-state index >= 15 is 0 Å². The Kier molecular flexibility index (Phi) is 3.44. The van der Waals surface area contributed by atoms with Crippen molar-refractivity contribution >= 4 is 11.8 Å². The van der Waals surface area contributed by atoms with Gasteiger partial charge in [0.1, 0.15) is 0 Å². The van der Waals surface area contributed by atoms with E-state index in [0.29, 0.717) is 18.8 Å². The summed E-state index contributed by atoms with van der Waals surface area (Å²) in [5.41, 5.74) is -0.210. The van der Waals surface area contributed by atoms with E-state index in [1.807, 2.05) is 0 Å². The first-order valence-electron chi connectivity index (χ1n) is 4.94. The maximum atomic E-state index is 12.8. The van der Waals surface area contributed by atoms with E-state index in [0.717, 1.165) is 11.8 Å². The fourth-order valence-electron chi connectivity index (χ4n) is 1.70. The maximum absolute atomic E-state index is 12.8. The number of thioether (sulfide) groups is 1. The van der Waals surface area contributed by atoms with Gasteiger partial charge in [0.05, 0.1) is 24.0 Å². The van der Waals surface area contributed by atoms with Crippen molar-refractivity contribution in [3.63, 3.8) is 0 Å². The van der Waals surface area contributed by atoms with Crippen molar-refractivity contribution in [1.29, 1.82) is 0 Å². The molecule has 1 unspecified atom stereocenters. The predicted octanol–water partition coefficient (Wildman–Crippen LogP) is 3.51. The van der Waals surface area contributed by atoms with Gasteiger partial charge in [0.2, 0.25) is 0 Å². The van der Waals surface area contributed by atoms with Crippen LogP contribution in [0, 0.1) is 0 Å². The normalized spacial score (nSPS) is 22.1. The topological polar surface area (TPSA) is 9.23 Å². The van der Waals surface area contributed by atoms with Crippen LogP contribution in [0.3, 0.4) is 0 Å². The lowest BCUT2D eigenvalue weighted by Crippen LogP contribution is -2.18. The Hall–Kier alpha value is -0.680. The molecule has 1 aliphatic rings. The van der Waals surface area contributed by atoms with Crippen molar-refractivity contribution in [2.24, 2.45) is 0 Å². The standard InChI is InChI=1S/C11H11F3OS/c12-11(13,14)9-4-2-1-3-8(9)10-7-15-5-6-16-10/h1-4,10H,5-7H2. The van der Waals surface area contributed by atoms with Crippen molar-refractivity contribution < 1.29 is 17.9 Å². The number of alkyl halides is 3. The Bertz CT molecular complexity index is 358. The summed E-state index contributed by atoms with van der Waals surface area (Å²) in [5, 5.41) is -0.202. The van der Waals surface area contributed by atoms with Gasteiger partial charge >= 0.3 is 6.18 Å². The molecule has 0 aromatic heterocycles. The second-order valence-corrected chi connectivity index (χ2v) is 4.83. The molecule has 2 rings (SSSR count). The number of halogens is 3. The van der Waals surface area contributed by atoms with Gasteiger partial charge in [-0.3, -0.25) is 0 Å². The Morgan fingerprint density at radius 2 is 2.00 bits per heavy atom. The van der Waals surface area contributed by atoms with Crippen molar-refractivity contribution in [3.05, 3.63) is 35.4 Å². The van der Waals surface area contributed by atoms with Crippen LogP contribution in [0.5, 0.6) is 0 Å². The average molecular weight is 248 g/mol. The molecule has 1 saturated heterocycles. The van der Waals surface area contributed by atoms with Crippen molar-refractivity contribution in [2.75, 3.05) is 19.0 Å². The van der Waals surface area contributed by atoms with Gasteiger partial charge in [-0.25, -0.2) is 0 Å². The van der Waals surface area contributed by atoms with Crippen LogP contribution >= 0.6 is 11.8 Å². The van der Waals surface area contributed by atoms with E-state index in [2.05, 4.69) is 0 Å². The predicted molar refractivity (Wildman–Crippen MR) is 57.5 cm³/mol. The quantitative estimate of drug-likeness (QED) is 0.752. The number of hydrogen-bond donors (Lipinski definition) is 0. The van der Waals surface area contributed by atoms with Crippen LogP contribution in [-0.2, 0) is 10.9 Å². The van der Waals surface area contributed by atoms with Crippen LogP contribution in [-0.4, -0.2) is 19.0 Å². The zero-order chi connectivity index (χ0) is 11.6. The molecule has 1 aliphatic heterocycles. The minimum atomic E-state index is -4.28. The van der Waals surface area contributed by atoms with E-state index in [9.17, 15) is 13.2 Å². The largest absolute Gasteiger partial charge is 0.416 e. The van der Waals surface area contributed by atoms with Crippen LogP contribution in [0.4, 0.5) is 13.2 Å². The Morgan fingerprint density at radius 3 is 2.62 bits per heavy atom. The molecule has 1 aromatic rings. The monoisotopic (exact) mass is 248 g/mol. The zero-order valence-electron chi connectivity index (χ0n) is 8.46. The summed E-state index contributed by atoms with van der Waals surface area (Å²) in [5.74, 6) is 0.747. The average Bonchev–Trinajstić information content (AvgIpc) is 2.29. The van der Waals surface area contributed by atoms with E-state index in [-0.39, 0.29) is 5.25 Å². The van der Waals surface area contributed by atoms with Gasteiger partial charge in [-0.05, 0) is 11.6 Å². The molecule has 1 atom stereocenters. The fraction of sp³-hybridized carbons (Fsp3) is 0.455. The molecule has 5 heteroatoms. The van der Waals surface area contributed by atoms with Crippen LogP contribution in [0.15, 0.2) is 24.3 Å². The molecule has 0 amide bonds. The molecule has 1 fully saturated rings. The summed E-state index contributed by atoms with van der Waals surface area (Å²) in [4.78, 5) is 0. The number of hydrogen-bond acceptors (Lipinski definition) is 2. The van der Waals surface area contributed by atoms with Crippen LogP contribution in [0.2, 0.25) is 0 Å². The molecular weight excluding hydrogens is 237 g/mol. The zero-order valence-corrected chi connectivity index (χ0v) is 9.27. The molecule has 1 nitrogen and oxygen atoms in total. The molecule has 0 aliphatic carbocycles. The van der Waals surface area contributed by atoms with Gasteiger partial charge in [-0.15, -0.1) is 11.8 Å². The Labute approximate surface area is 96.0 Å². The first kappa shape index (κ1) is 11.8. The lowest BCUT2D eigenvalue weighted by atomic mass is 10.0. The highest BCUT2D eigenvalue weighted by Gasteiger charge is 2.35. The third-order valence-corrected chi connectivity index (χ3v) is 3.62. The highest BCUT2D eigenvalue weighted by Crippen LogP contribution is 2.40. The number of ether oxygens (including phenoxy) is 1. The van der Waals surface area contributed by atoms with Crippen molar-refractivity contribution in [3.8, 4) is 0 Å². The van der Waals surface area contributed by atoms with E-state index < -0.39 is 11.7 Å². The summed E-state index contributed by atoms with van der Waals surface area (Å²) in [6, 6.07) is 5.72. The minimum Gasteiger partial charge on any atom is -0.379 e. The molecule has 0 bridgehead atoms. The lowest BCUT2D eigenvalue weighted by molar-refractivity contribution is -0.138. The molecule has 0 saturated carbocycles. The second kappa shape index (κ2) is 4.67. The van der Waals surface area contributed by atoms with E-state index in [1.165, 1.54) is 23.9 Å². The lowest BCUT2D eigenvalue weighted by Gasteiger charge is -2.24. The molecule has 1 aromatic carbocycles.